The van der Waals surface area contributed by atoms with Gasteiger partial charge >= 0.3 is 0 Å². The van der Waals surface area contributed by atoms with Crippen molar-refractivity contribution in [1.82, 2.24) is 9.97 Å². The Hall–Kier alpha value is -3.41. The monoisotopic (exact) mass is 348 g/mol. The van der Waals surface area contributed by atoms with Gasteiger partial charge in [-0.25, -0.2) is 9.97 Å². The van der Waals surface area contributed by atoms with Crippen molar-refractivity contribution in [2.45, 2.75) is 13.8 Å². The number of nitrogens with zero attached hydrogens (tertiary/aromatic N) is 2. The number of aryl methyl sites for hydroxylation is 2. The lowest BCUT2D eigenvalue weighted by molar-refractivity contribution is 0.102. The number of ether oxygens (including phenoxy) is 1. The number of nitrogens with one attached hydrogen (secondary N) is 2. The van der Waals surface area contributed by atoms with Crippen LogP contribution in [0.2, 0.25) is 0 Å². The van der Waals surface area contributed by atoms with Crippen molar-refractivity contribution >= 4 is 23.2 Å². The SMILES string of the molecule is COc1ccc(Nc2nccc(C(=O)Nc3ccc(C)cc3C)n2)cc1. The highest BCUT2D eigenvalue weighted by atomic mass is 16.5. The molecule has 6 heteroatoms. The molecule has 2 aromatic carbocycles. The van der Waals surface area contributed by atoms with Gasteiger partial charge in [-0.15, -0.1) is 0 Å². The summed E-state index contributed by atoms with van der Waals surface area (Å²) in [6.07, 6.45) is 1.55. The topological polar surface area (TPSA) is 76.1 Å². The van der Waals surface area contributed by atoms with Crippen LogP contribution in [-0.2, 0) is 0 Å². The van der Waals surface area contributed by atoms with Crippen LogP contribution in [0.1, 0.15) is 21.6 Å². The molecule has 0 aliphatic rings. The Balaban J connectivity index is 1.74. The van der Waals surface area contributed by atoms with Crippen LogP contribution in [0.3, 0.4) is 0 Å². The van der Waals surface area contributed by atoms with Gasteiger partial charge in [0.15, 0.2) is 0 Å². The molecule has 0 fully saturated rings. The first-order valence-electron chi connectivity index (χ1n) is 8.18. The molecule has 6 nitrogen and oxygen atoms in total. The van der Waals surface area contributed by atoms with Crippen LogP contribution in [0.4, 0.5) is 17.3 Å². The van der Waals surface area contributed by atoms with Crippen LogP contribution in [-0.4, -0.2) is 23.0 Å². The third-order valence-electron chi connectivity index (χ3n) is 3.86. The normalized spacial score (nSPS) is 10.3. The van der Waals surface area contributed by atoms with Crippen molar-refractivity contribution in [2.75, 3.05) is 17.7 Å². The predicted molar refractivity (Wildman–Crippen MR) is 102 cm³/mol. The molecule has 26 heavy (non-hydrogen) atoms. The van der Waals surface area contributed by atoms with Crippen LogP contribution in [0.25, 0.3) is 0 Å². The highest BCUT2D eigenvalue weighted by Gasteiger charge is 2.11. The van der Waals surface area contributed by atoms with E-state index in [0.29, 0.717) is 5.95 Å². The summed E-state index contributed by atoms with van der Waals surface area (Å²) in [7, 11) is 1.61. The number of amides is 1. The molecule has 0 bridgehead atoms. The third-order valence-corrected chi connectivity index (χ3v) is 3.86. The zero-order chi connectivity index (χ0) is 18.5. The first-order chi connectivity index (χ1) is 12.5. The summed E-state index contributed by atoms with van der Waals surface area (Å²) in [5.41, 5.74) is 4.01. The molecule has 1 aromatic heterocycles. The molecular weight excluding hydrogens is 328 g/mol. The quantitative estimate of drug-likeness (QED) is 0.726. The lowest BCUT2D eigenvalue weighted by atomic mass is 10.1. The van der Waals surface area contributed by atoms with Gasteiger partial charge in [0.25, 0.3) is 5.91 Å². The molecule has 0 aliphatic heterocycles. The van der Waals surface area contributed by atoms with Gasteiger partial charge in [-0.05, 0) is 55.8 Å². The number of rotatable bonds is 5. The number of methoxy groups -OCH3 is 1. The van der Waals surface area contributed by atoms with Crippen LogP contribution < -0.4 is 15.4 Å². The summed E-state index contributed by atoms with van der Waals surface area (Å²) in [6, 6.07) is 14.8. The Kier molecular flexibility index (Phi) is 5.12. The van der Waals surface area contributed by atoms with E-state index in [1.165, 1.54) is 0 Å². The number of carbonyl (C=O) groups is 1. The second kappa shape index (κ2) is 7.65. The molecule has 0 unspecified atom stereocenters. The fraction of sp³-hybridized carbons (Fsp3) is 0.150. The highest BCUT2D eigenvalue weighted by molar-refractivity contribution is 6.03. The van der Waals surface area contributed by atoms with Crippen molar-refractivity contribution in [3.63, 3.8) is 0 Å². The largest absolute Gasteiger partial charge is 0.497 e. The van der Waals surface area contributed by atoms with Crippen molar-refractivity contribution in [3.8, 4) is 5.75 Å². The van der Waals surface area contributed by atoms with E-state index in [2.05, 4.69) is 20.6 Å². The van der Waals surface area contributed by atoms with E-state index in [1.54, 1.807) is 19.4 Å². The zero-order valence-corrected chi connectivity index (χ0v) is 14.9. The summed E-state index contributed by atoms with van der Waals surface area (Å²) in [5, 5.41) is 5.96. The maximum atomic E-state index is 12.5. The molecule has 1 heterocycles. The van der Waals surface area contributed by atoms with Gasteiger partial charge in [0.1, 0.15) is 11.4 Å². The Morgan fingerprint density at radius 1 is 1.04 bits per heavy atom. The second-order valence-corrected chi connectivity index (χ2v) is 5.89. The molecule has 3 rings (SSSR count). The van der Waals surface area contributed by atoms with E-state index in [0.717, 1.165) is 28.3 Å². The second-order valence-electron chi connectivity index (χ2n) is 5.89. The number of aromatic nitrogens is 2. The van der Waals surface area contributed by atoms with Gasteiger partial charge in [-0.1, -0.05) is 17.7 Å². The molecule has 132 valence electrons. The molecule has 1 amide bonds. The van der Waals surface area contributed by atoms with Gasteiger partial charge in [0, 0.05) is 17.6 Å². The third kappa shape index (κ3) is 4.16. The maximum Gasteiger partial charge on any atom is 0.274 e. The van der Waals surface area contributed by atoms with Crippen molar-refractivity contribution in [2.24, 2.45) is 0 Å². The fourth-order valence-corrected chi connectivity index (χ4v) is 2.49. The van der Waals surface area contributed by atoms with Gasteiger partial charge in [-0.2, -0.15) is 0 Å². The van der Waals surface area contributed by atoms with E-state index >= 15 is 0 Å². The zero-order valence-electron chi connectivity index (χ0n) is 14.9. The standard InChI is InChI=1S/C20H20N4O2/c1-13-4-9-17(14(2)12-13)23-19(25)18-10-11-21-20(24-18)22-15-5-7-16(26-3)8-6-15/h4-12H,1-3H3,(H,23,25)(H,21,22,24). The lowest BCUT2D eigenvalue weighted by Gasteiger charge is -2.10. The number of carbonyl (C=O) groups excluding carboxylic acids is 1. The van der Waals surface area contributed by atoms with E-state index in [4.69, 9.17) is 4.74 Å². The number of anilines is 3. The fourth-order valence-electron chi connectivity index (χ4n) is 2.49. The molecule has 0 saturated carbocycles. The summed E-state index contributed by atoms with van der Waals surface area (Å²) in [4.78, 5) is 20.9. The first-order valence-corrected chi connectivity index (χ1v) is 8.18. The summed E-state index contributed by atoms with van der Waals surface area (Å²) in [5.74, 6) is 0.832. The van der Waals surface area contributed by atoms with Crippen molar-refractivity contribution in [1.29, 1.82) is 0 Å². The summed E-state index contributed by atoms with van der Waals surface area (Å²) >= 11 is 0. The number of benzene rings is 2. The summed E-state index contributed by atoms with van der Waals surface area (Å²) < 4.78 is 5.13. The smallest absolute Gasteiger partial charge is 0.274 e. The highest BCUT2D eigenvalue weighted by Crippen LogP contribution is 2.19. The van der Waals surface area contributed by atoms with Gasteiger partial charge in [0.2, 0.25) is 5.95 Å². The minimum Gasteiger partial charge on any atom is -0.497 e. The van der Waals surface area contributed by atoms with E-state index in [9.17, 15) is 4.79 Å². The molecule has 0 aliphatic carbocycles. The summed E-state index contributed by atoms with van der Waals surface area (Å²) in [6.45, 7) is 3.97. The van der Waals surface area contributed by atoms with Crippen LogP contribution >= 0.6 is 0 Å². The van der Waals surface area contributed by atoms with E-state index in [-0.39, 0.29) is 11.6 Å². The number of hydrogen-bond acceptors (Lipinski definition) is 5. The molecule has 2 N–H and O–H groups in total. The van der Waals surface area contributed by atoms with Crippen LogP contribution in [0.5, 0.6) is 5.75 Å². The predicted octanol–water partition coefficient (Wildman–Crippen LogP) is 4.10. The minimum absolute atomic E-state index is 0.280. The van der Waals surface area contributed by atoms with Crippen molar-refractivity contribution in [3.05, 3.63) is 71.5 Å². The van der Waals surface area contributed by atoms with E-state index in [1.807, 2.05) is 56.3 Å². The Labute approximate surface area is 152 Å². The van der Waals surface area contributed by atoms with Crippen LogP contribution in [0.15, 0.2) is 54.7 Å². The Morgan fingerprint density at radius 3 is 2.50 bits per heavy atom. The Morgan fingerprint density at radius 2 is 1.81 bits per heavy atom. The van der Waals surface area contributed by atoms with Gasteiger partial charge in [0.05, 0.1) is 7.11 Å². The molecule has 0 saturated heterocycles. The Bertz CT molecular complexity index is 923. The van der Waals surface area contributed by atoms with Gasteiger partial charge < -0.3 is 15.4 Å². The molecule has 0 radical (unpaired) electrons. The molecule has 0 spiro atoms. The number of hydrogen-bond donors (Lipinski definition) is 2. The maximum absolute atomic E-state index is 12.5. The average Bonchev–Trinajstić information content (AvgIpc) is 2.65. The van der Waals surface area contributed by atoms with Gasteiger partial charge in [-0.3, -0.25) is 4.79 Å². The van der Waals surface area contributed by atoms with E-state index < -0.39 is 0 Å². The molecule has 3 aromatic rings. The van der Waals surface area contributed by atoms with Crippen molar-refractivity contribution < 1.29 is 9.53 Å². The molecular formula is C20H20N4O2. The molecule has 0 atom stereocenters. The lowest BCUT2D eigenvalue weighted by Crippen LogP contribution is -2.15. The first kappa shape index (κ1) is 17.4. The van der Waals surface area contributed by atoms with Crippen LogP contribution in [0, 0.1) is 13.8 Å². The minimum atomic E-state index is -0.280. The average molecular weight is 348 g/mol.